The third-order valence-corrected chi connectivity index (χ3v) is 5.46. The fourth-order valence-electron chi connectivity index (χ4n) is 3.65. The molecule has 0 bridgehead atoms. The van der Waals surface area contributed by atoms with Crippen LogP contribution in [0.15, 0.2) is 40.0 Å². The van der Waals surface area contributed by atoms with Gasteiger partial charge in [-0.1, -0.05) is 5.16 Å². The first-order chi connectivity index (χ1) is 14.9. The molecule has 0 atom stereocenters. The number of benzene rings is 1. The highest BCUT2D eigenvalue weighted by Gasteiger charge is 2.29. The lowest BCUT2D eigenvalue weighted by Gasteiger charge is -2.29. The Morgan fingerprint density at radius 2 is 2.10 bits per heavy atom. The maximum Gasteiger partial charge on any atom is 0.296 e. The highest BCUT2D eigenvalue weighted by molar-refractivity contribution is 6.04. The number of imidazole rings is 1. The third kappa shape index (κ3) is 3.05. The molecule has 31 heavy (non-hydrogen) atoms. The van der Waals surface area contributed by atoms with Gasteiger partial charge in [0.25, 0.3) is 11.5 Å². The summed E-state index contributed by atoms with van der Waals surface area (Å²) in [5, 5.41) is 16.2. The molecule has 1 aliphatic carbocycles. The van der Waals surface area contributed by atoms with Crippen molar-refractivity contribution in [2.24, 2.45) is 7.05 Å². The van der Waals surface area contributed by atoms with E-state index in [2.05, 4.69) is 25.0 Å². The minimum absolute atomic E-state index is 0.0850. The first kappa shape index (κ1) is 19.0. The predicted molar refractivity (Wildman–Crippen MR) is 107 cm³/mol. The average Bonchev–Trinajstić information content (AvgIpc) is 3.33. The lowest BCUT2D eigenvalue weighted by Crippen LogP contribution is -2.27. The van der Waals surface area contributed by atoms with Gasteiger partial charge in [0.1, 0.15) is 17.8 Å². The Kier molecular flexibility index (Phi) is 4.31. The fourth-order valence-corrected chi connectivity index (χ4v) is 3.65. The molecule has 3 heterocycles. The highest BCUT2D eigenvalue weighted by atomic mass is 19.1. The van der Waals surface area contributed by atoms with Gasteiger partial charge in [-0.05, 0) is 31.4 Å². The number of aromatic hydroxyl groups is 1. The SMILES string of the molecule is Cn1c(-c2nc3cc(F)ccc3n2C2CCC2)nc(C(=O)Nc2cnoc2)c(O)c1=O. The van der Waals surface area contributed by atoms with E-state index in [1.807, 2.05) is 4.57 Å². The minimum Gasteiger partial charge on any atom is -0.501 e. The largest absolute Gasteiger partial charge is 0.501 e. The zero-order valence-corrected chi connectivity index (χ0v) is 16.4. The first-order valence-electron chi connectivity index (χ1n) is 9.62. The summed E-state index contributed by atoms with van der Waals surface area (Å²) < 4.78 is 21.5. The lowest BCUT2D eigenvalue weighted by atomic mass is 9.92. The van der Waals surface area contributed by atoms with Gasteiger partial charge in [0.15, 0.2) is 17.3 Å². The van der Waals surface area contributed by atoms with Crippen molar-refractivity contribution in [3.63, 3.8) is 0 Å². The van der Waals surface area contributed by atoms with Crippen LogP contribution in [0.3, 0.4) is 0 Å². The number of halogens is 1. The summed E-state index contributed by atoms with van der Waals surface area (Å²) in [4.78, 5) is 34.1. The molecule has 3 aromatic heterocycles. The predicted octanol–water partition coefficient (Wildman–Crippen LogP) is 2.61. The van der Waals surface area contributed by atoms with Crippen molar-refractivity contribution in [1.29, 1.82) is 0 Å². The maximum absolute atomic E-state index is 13.8. The normalized spacial score (nSPS) is 14.0. The monoisotopic (exact) mass is 424 g/mol. The topological polar surface area (TPSA) is 128 Å². The molecule has 5 rings (SSSR count). The fraction of sp³-hybridized carbons (Fsp3) is 0.250. The Labute approximate surface area is 173 Å². The van der Waals surface area contributed by atoms with Crippen molar-refractivity contribution in [3.05, 3.63) is 52.5 Å². The van der Waals surface area contributed by atoms with E-state index in [9.17, 15) is 19.1 Å². The molecule has 0 radical (unpaired) electrons. The van der Waals surface area contributed by atoms with E-state index in [0.29, 0.717) is 16.9 Å². The quantitative estimate of drug-likeness (QED) is 0.515. The second kappa shape index (κ2) is 7.04. The Bertz CT molecular complexity index is 1370. The molecular weight excluding hydrogens is 407 g/mol. The number of amides is 1. The molecule has 158 valence electrons. The molecule has 0 unspecified atom stereocenters. The Morgan fingerprint density at radius 3 is 2.77 bits per heavy atom. The molecule has 10 nitrogen and oxygen atoms in total. The third-order valence-electron chi connectivity index (χ3n) is 5.46. The highest BCUT2D eigenvalue weighted by Crippen LogP contribution is 2.38. The van der Waals surface area contributed by atoms with Crippen LogP contribution >= 0.6 is 0 Å². The van der Waals surface area contributed by atoms with Gasteiger partial charge in [-0.3, -0.25) is 14.2 Å². The number of rotatable bonds is 4. The van der Waals surface area contributed by atoms with E-state index < -0.39 is 28.7 Å². The van der Waals surface area contributed by atoms with Gasteiger partial charge in [-0.25, -0.2) is 14.4 Å². The Hall–Kier alpha value is -4.02. The number of nitrogens with zero attached hydrogens (tertiary/aromatic N) is 5. The molecule has 1 saturated carbocycles. The summed E-state index contributed by atoms with van der Waals surface area (Å²) in [5.74, 6) is -1.63. The van der Waals surface area contributed by atoms with Crippen LogP contribution in [-0.4, -0.2) is 35.3 Å². The van der Waals surface area contributed by atoms with Crippen molar-refractivity contribution < 1.29 is 18.8 Å². The van der Waals surface area contributed by atoms with Crippen molar-refractivity contribution >= 4 is 22.6 Å². The molecule has 4 aromatic rings. The van der Waals surface area contributed by atoms with Crippen LogP contribution in [0.2, 0.25) is 0 Å². The van der Waals surface area contributed by atoms with Gasteiger partial charge in [0.2, 0.25) is 5.75 Å². The smallest absolute Gasteiger partial charge is 0.296 e. The molecule has 1 aromatic carbocycles. The summed E-state index contributed by atoms with van der Waals surface area (Å²) in [6.07, 6.45) is 5.31. The number of anilines is 1. The Morgan fingerprint density at radius 1 is 1.29 bits per heavy atom. The minimum atomic E-state index is -0.808. The van der Waals surface area contributed by atoms with E-state index in [1.165, 1.54) is 31.6 Å². The second-order valence-corrected chi connectivity index (χ2v) is 7.39. The summed E-state index contributed by atoms with van der Waals surface area (Å²) in [7, 11) is 1.43. The first-order valence-corrected chi connectivity index (χ1v) is 9.62. The molecule has 0 aliphatic heterocycles. The van der Waals surface area contributed by atoms with Crippen molar-refractivity contribution in [1.82, 2.24) is 24.3 Å². The van der Waals surface area contributed by atoms with Crippen LogP contribution in [-0.2, 0) is 7.05 Å². The maximum atomic E-state index is 13.8. The lowest BCUT2D eigenvalue weighted by molar-refractivity contribution is 0.101. The second-order valence-electron chi connectivity index (χ2n) is 7.39. The van der Waals surface area contributed by atoms with E-state index in [1.54, 1.807) is 6.07 Å². The number of carbonyl (C=O) groups is 1. The molecule has 1 fully saturated rings. The number of fused-ring (bicyclic) bond motifs is 1. The van der Waals surface area contributed by atoms with Crippen LogP contribution in [0.5, 0.6) is 5.75 Å². The zero-order valence-electron chi connectivity index (χ0n) is 16.4. The summed E-state index contributed by atoms with van der Waals surface area (Å²) >= 11 is 0. The van der Waals surface area contributed by atoms with E-state index in [-0.39, 0.29) is 17.6 Å². The molecule has 1 amide bonds. The van der Waals surface area contributed by atoms with Gasteiger partial charge in [0, 0.05) is 19.2 Å². The number of carbonyl (C=O) groups excluding carboxylic acids is 1. The summed E-state index contributed by atoms with van der Waals surface area (Å²) in [5.41, 5.74) is 0.0979. The van der Waals surface area contributed by atoms with E-state index in [4.69, 9.17) is 0 Å². The molecule has 11 heteroatoms. The van der Waals surface area contributed by atoms with E-state index in [0.717, 1.165) is 23.8 Å². The van der Waals surface area contributed by atoms with Crippen LogP contribution < -0.4 is 10.9 Å². The number of nitrogens with one attached hydrogen (secondary N) is 1. The van der Waals surface area contributed by atoms with Crippen molar-refractivity contribution in [2.75, 3.05) is 5.32 Å². The number of hydrogen-bond acceptors (Lipinski definition) is 7. The molecule has 0 spiro atoms. The molecular formula is C20H17FN6O4. The van der Waals surface area contributed by atoms with Gasteiger partial charge >= 0.3 is 0 Å². The van der Waals surface area contributed by atoms with E-state index >= 15 is 0 Å². The number of aromatic nitrogens is 5. The molecule has 1 aliphatic rings. The summed E-state index contributed by atoms with van der Waals surface area (Å²) in [6.45, 7) is 0. The van der Waals surface area contributed by atoms with Gasteiger partial charge in [-0.2, -0.15) is 0 Å². The van der Waals surface area contributed by atoms with Crippen LogP contribution in [0.25, 0.3) is 22.7 Å². The van der Waals surface area contributed by atoms with Gasteiger partial charge < -0.3 is 19.5 Å². The van der Waals surface area contributed by atoms with Gasteiger partial charge in [0.05, 0.1) is 17.2 Å². The Balaban J connectivity index is 1.70. The van der Waals surface area contributed by atoms with Crippen LogP contribution in [0.1, 0.15) is 35.8 Å². The standard InChI is InChI=1S/C20H17FN6O4/c1-26-17(25-15(16(28)20(26)30)19(29)23-11-8-22-31-9-11)18-24-13-7-10(21)5-6-14(13)27(18)12-3-2-4-12/h5-9,12,28H,2-4H2,1H3,(H,23,29). The van der Waals surface area contributed by atoms with Crippen molar-refractivity contribution in [3.8, 4) is 17.4 Å². The van der Waals surface area contributed by atoms with Crippen molar-refractivity contribution in [2.45, 2.75) is 25.3 Å². The molecule has 2 N–H and O–H groups in total. The van der Waals surface area contributed by atoms with Gasteiger partial charge in [-0.15, -0.1) is 0 Å². The van der Waals surface area contributed by atoms with Crippen LogP contribution in [0, 0.1) is 5.82 Å². The zero-order chi connectivity index (χ0) is 21.7. The molecule has 0 saturated heterocycles. The number of hydrogen-bond donors (Lipinski definition) is 2. The van der Waals surface area contributed by atoms with Crippen LogP contribution in [0.4, 0.5) is 10.1 Å². The summed E-state index contributed by atoms with van der Waals surface area (Å²) in [6, 6.07) is 4.42. The average molecular weight is 424 g/mol.